The molecule has 0 aromatic heterocycles. The molecule has 28 heavy (non-hydrogen) atoms. The monoisotopic (exact) mass is 444 g/mol. The van der Waals surface area contributed by atoms with Crippen LogP contribution < -0.4 is 10.0 Å². The van der Waals surface area contributed by atoms with Crippen molar-refractivity contribution in [3.05, 3.63) is 59.1 Å². The highest BCUT2D eigenvalue weighted by Gasteiger charge is 2.18. The summed E-state index contributed by atoms with van der Waals surface area (Å²) < 4.78 is 49.6. The Morgan fingerprint density at radius 2 is 1.71 bits per heavy atom. The lowest BCUT2D eigenvalue weighted by Crippen LogP contribution is -2.28. The second kappa shape index (κ2) is 8.93. The average Bonchev–Trinajstić information content (AvgIpc) is 2.59. The van der Waals surface area contributed by atoms with Gasteiger partial charge in [-0.3, -0.25) is 9.52 Å². The van der Waals surface area contributed by atoms with Gasteiger partial charge < -0.3 is 5.32 Å². The molecule has 0 radical (unpaired) electrons. The van der Waals surface area contributed by atoms with Gasteiger partial charge in [0.1, 0.15) is 0 Å². The molecule has 7 nitrogen and oxygen atoms in total. The summed E-state index contributed by atoms with van der Waals surface area (Å²) in [5.41, 5.74) is 1.06. The summed E-state index contributed by atoms with van der Waals surface area (Å²) in [6.07, 6.45) is 0.850. The van der Waals surface area contributed by atoms with Crippen molar-refractivity contribution in [2.45, 2.75) is 24.3 Å². The fraction of sp³-hybridized carbons (Fsp3) is 0.278. The first-order valence-corrected chi connectivity index (χ1v) is 12.2. The van der Waals surface area contributed by atoms with Crippen molar-refractivity contribution in [1.29, 1.82) is 0 Å². The first-order chi connectivity index (χ1) is 13.0. The SMILES string of the molecule is CC(NC(=O)CCS(=O)(=O)c1ccc(Cl)cc1)c1cccc(NS(C)(=O)=O)c1. The molecule has 10 heteroatoms. The van der Waals surface area contributed by atoms with Crippen molar-refractivity contribution in [3.8, 4) is 0 Å². The lowest BCUT2D eigenvalue weighted by molar-refractivity contribution is -0.121. The minimum atomic E-state index is -3.60. The highest BCUT2D eigenvalue weighted by molar-refractivity contribution is 7.92. The molecular weight excluding hydrogens is 424 g/mol. The molecular formula is C18H21ClN2O5S2. The summed E-state index contributed by atoms with van der Waals surface area (Å²) in [5.74, 6) is -0.755. The van der Waals surface area contributed by atoms with Crippen molar-refractivity contribution < 1.29 is 21.6 Å². The van der Waals surface area contributed by atoms with E-state index in [9.17, 15) is 21.6 Å². The molecule has 0 heterocycles. The van der Waals surface area contributed by atoms with Crippen LogP contribution in [0.4, 0.5) is 5.69 Å². The molecule has 1 unspecified atom stereocenters. The number of halogens is 1. The fourth-order valence-electron chi connectivity index (χ4n) is 2.47. The predicted octanol–water partition coefficient (Wildman–Crippen LogP) is 2.75. The van der Waals surface area contributed by atoms with Gasteiger partial charge >= 0.3 is 0 Å². The van der Waals surface area contributed by atoms with E-state index in [2.05, 4.69) is 10.0 Å². The van der Waals surface area contributed by atoms with Crippen molar-refractivity contribution in [2.75, 3.05) is 16.7 Å². The van der Waals surface area contributed by atoms with Gasteiger partial charge in [-0.05, 0) is 48.9 Å². The number of hydrogen-bond acceptors (Lipinski definition) is 5. The van der Waals surface area contributed by atoms with Crippen LogP contribution in [-0.2, 0) is 24.7 Å². The Kier molecular flexibility index (Phi) is 7.08. The van der Waals surface area contributed by atoms with Gasteiger partial charge in [0.05, 0.1) is 22.9 Å². The van der Waals surface area contributed by atoms with Crippen LogP contribution in [0.25, 0.3) is 0 Å². The Labute approximate surface area is 170 Å². The van der Waals surface area contributed by atoms with Crippen molar-refractivity contribution in [3.63, 3.8) is 0 Å². The highest BCUT2D eigenvalue weighted by atomic mass is 35.5. The lowest BCUT2D eigenvalue weighted by atomic mass is 10.1. The third kappa shape index (κ3) is 6.81. The number of benzene rings is 2. The summed E-state index contributed by atoms with van der Waals surface area (Å²) in [5, 5.41) is 3.15. The maximum atomic E-state index is 12.3. The first-order valence-electron chi connectivity index (χ1n) is 8.32. The van der Waals surface area contributed by atoms with Gasteiger partial charge in [0.2, 0.25) is 15.9 Å². The molecule has 0 saturated carbocycles. The summed E-state index contributed by atoms with van der Waals surface area (Å²) >= 11 is 5.75. The topological polar surface area (TPSA) is 109 Å². The fourth-order valence-corrected chi connectivity index (χ4v) is 4.39. The number of rotatable bonds is 8. The molecule has 2 rings (SSSR count). The van der Waals surface area contributed by atoms with Crippen LogP contribution in [0.5, 0.6) is 0 Å². The zero-order valence-corrected chi connectivity index (χ0v) is 17.7. The van der Waals surface area contributed by atoms with Gasteiger partial charge in [0.15, 0.2) is 9.84 Å². The van der Waals surface area contributed by atoms with E-state index in [1.54, 1.807) is 31.2 Å². The number of hydrogen-bond donors (Lipinski definition) is 2. The zero-order chi connectivity index (χ0) is 20.9. The maximum Gasteiger partial charge on any atom is 0.229 e. The molecule has 152 valence electrons. The number of sulfone groups is 1. The second-order valence-electron chi connectivity index (χ2n) is 6.31. The molecule has 2 aromatic carbocycles. The molecule has 2 N–H and O–H groups in total. The van der Waals surface area contributed by atoms with E-state index in [-0.39, 0.29) is 17.1 Å². The van der Waals surface area contributed by atoms with Crippen molar-refractivity contribution in [2.24, 2.45) is 0 Å². The molecule has 0 spiro atoms. The van der Waals surface area contributed by atoms with Crippen LogP contribution in [0.15, 0.2) is 53.4 Å². The second-order valence-corrected chi connectivity index (χ2v) is 10.6. The van der Waals surface area contributed by atoms with Crippen LogP contribution in [0, 0.1) is 0 Å². The summed E-state index contributed by atoms with van der Waals surface area (Å²) in [6.45, 7) is 1.73. The minimum absolute atomic E-state index is 0.109. The number of sulfonamides is 1. The molecule has 0 fully saturated rings. The van der Waals surface area contributed by atoms with E-state index in [1.165, 1.54) is 24.3 Å². The quantitative estimate of drug-likeness (QED) is 0.650. The molecule has 0 bridgehead atoms. The van der Waals surface area contributed by atoms with Crippen LogP contribution >= 0.6 is 11.6 Å². The van der Waals surface area contributed by atoms with Crippen LogP contribution in [-0.4, -0.2) is 34.8 Å². The Morgan fingerprint density at radius 1 is 1.07 bits per heavy atom. The largest absolute Gasteiger partial charge is 0.350 e. The van der Waals surface area contributed by atoms with Gasteiger partial charge in [0, 0.05) is 17.1 Å². The predicted molar refractivity (Wildman–Crippen MR) is 110 cm³/mol. The van der Waals surface area contributed by atoms with Gasteiger partial charge in [-0.25, -0.2) is 16.8 Å². The highest BCUT2D eigenvalue weighted by Crippen LogP contribution is 2.19. The molecule has 2 aromatic rings. The standard InChI is InChI=1S/C18H21ClN2O5S2/c1-13(14-4-3-5-16(12-14)21-27(2,23)24)20-18(22)10-11-28(25,26)17-8-6-15(19)7-9-17/h3-9,12-13,21H,10-11H2,1-2H3,(H,20,22). The first kappa shape index (κ1) is 22.2. The summed E-state index contributed by atoms with van der Waals surface area (Å²) in [4.78, 5) is 12.3. The third-order valence-corrected chi connectivity index (χ3v) is 6.43. The Hall–Kier alpha value is -2.10. The molecule has 1 amide bonds. The Bertz CT molecular complexity index is 1050. The van der Waals surface area contributed by atoms with Gasteiger partial charge in [-0.2, -0.15) is 0 Å². The van der Waals surface area contributed by atoms with Gasteiger partial charge in [0.25, 0.3) is 0 Å². The summed E-state index contributed by atoms with van der Waals surface area (Å²) in [6, 6.07) is 11.9. The normalized spacial score (nSPS) is 13.0. The lowest BCUT2D eigenvalue weighted by Gasteiger charge is -2.16. The van der Waals surface area contributed by atoms with E-state index in [0.717, 1.165) is 6.26 Å². The Morgan fingerprint density at radius 3 is 2.32 bits per heavy atom. The number of anilines is 1. The van der Waals surface area contributed by atoms with Crippen molar-refractivity contribution in [1.82, 2.24) is 5.32 Å². The molecule has 0 aliphatic rings. The van der Waals surface area contributed by atoms with Crippen LogP contribution in [0.3, 0.4) is 0 Å². The average molecular weight is 445 g/mol. The van der Waals surface area contributed by atoms with Gasteiger partial charge in [-0.15, -0.1) is 0 Å². The minimum Gasteiger partial charge on any atom is -0.350 e. The van der Waals surface area contributed by atoms with E-state index in [0.29, 0.717) is 16.3 Å². The number of carbonyl (C=O) groups excluding carboxylic acids is 1. The smallest absolute Gasteiger partial charge is 0.229 e. The number of amides is 1. The molecule has 1 atom stereocenters. The summed E-state index contributed by atoms with van der Waals surface area (Å²) in [7, 11) is -7.00. The van der Waals surface area contributed by atoms with E-state index in [4.69, 9.17) is 11.6 Å². The van der Waals surface area contributed by atoms with Gasteiger partial charge in [-0.1, -0.05) is 23.7 Å². The van der Waals surface area contributed by atoms with Crippen molar-refractivity contribution >= 4 is 43.1 Å². The van der Waals surface area contributed by atoms with Crippen LogP contribution in [0.1, 0.15) is 24.9 Å². The van der Waals surface area contributed by atoms with Crippen LogP contribution in [0.2, 0.25) is 5.02 Å². The Balaban J connectivity index is 1.97. The third-order valence-electron chi connectivity index (χ3n) is 3.84. The molecule has 0 aliphatic carbocycles. The number of carbonyl (C=O) groups is 1. The molecule has 0 saturated heterocycles. The molecule has 0 aliphatic heterocycles. The van der Waals surface area contributed by atoms with E-state index >= 15 is 0 Å². The zero-order valence-electron chi connectivity index (χ0n) is 15.3. The van der Waals surface area contributed by atoms with E-state index in [1.807, 2.05) is 0 Å². The number of nitrogens with one attached hydrogen (secondary N) is 2. The van der Waals surface area contributed by atoms with E-state index < -0.39 is 31.8 Å². The maximum absolute atomic E-state index is 12.3.